The molecule has 6 heteroatoms. The minimum absolute atomic E-state index is 0.131. The summed E-state index contributed by atoms with van der Waals surface area (Å²) in [7, 11) is -3.14. The van der Waals surface area contributed by atoms with E-state index in [2.05, 4.69) is 0 Å². The Morgan fingerprint density at radius 2 is 2.25 bits per heavy atom. The van der Waals surface area contributed by atoms with Crippen LogP contribution < -0.4 is 0 Å². The van der Waals surface area contributed by atoms with Crippen LogP contribution in [0.2, 0.25) is 5.02 Å². The SMILES string of the molecule is CS(=O)(=O)N1CCS[C@@H]1c1cccc(Cl)c1. The summed E-state index contributed by atoms with van der Waals surface area (Å²) in [5.74, 6) is 0.824. The summed E-state index contributed by atoms with van der Waals surface area (Å²) in [6, 6.07) is 7.36. The summed E-state index contributed by atoms with van der Waals surface area (Å²) in [6.07, 6.45) is 1.25. The van der Waals surface area contributed by atoms with E-state index in [1.54, 1.807) is 17.8 Å². The fraction of sp³-hybridized carbons (Fsp3) is 0.400. The van der Waals surface area contributed by atoms with Crippen molar-refractivity contribution in [1.29, 1.82) is 0 Å². The van der Waals surface area contributed by atoms with Gasteiger partial charge in [0.25, 0.3) is 0 Å². The Balaban J connectivity index is 2.34. The summed E-state index contributed by atoms with van der Waals surface area (Å²) < 4.78 is 24.7. The molecule has 16 heavy (non-hydrogen) atoms. The zero-order chi connectivity index (χ0) is 11.8. The van der Waals surface area contributed by atoms with Crippen LogP contribution in [0.15, 0.2) is 24.3 Å². The highest BCUT2D eigenvalue weighted by atomic mass is 35.5. The van der Waals surface area contributed by atoms with Crippen LogP contribution >= 0.6 is 23.4 Å². The molecule has 0 aromatic heterocycles. The van der Waals surface area contributed by atoms with Crippen molar-refractivity contribution in [2.45, 2.75) is 5.37 Å². The number of hydrogen-bond donors (Lipinski definition) is 0. The maximum Gasteiger partial charge on any atom is 0.212 e. The largest absolute Gasteiger partial charge is 0.212 e. The van der Waals surface area contributed by atoms with Crippen LogP contribution in [0.4, 0.5) is 0 Å². The van der Waals surface area contributed by atoms with E-state index in [4.69, 9.17) is 11.6 Å². The van der Waals surface area contributed by atoms with Crippen LogP contribution in [0.5, 0.6) is 0 Å². The number of sulfonamides is 1. The molecule has 1 aromatic carbocycles. The van der Waals surface area contributed by atoms with Gasteiger partial charge < -0.3 is 0 Å². The number of nitrogens with zero attached hydrogens (tertiary/aromatic N) is 1. The lowest BCUT2D eigenvalue weighted by Gasteiger charge is -2.21. The molecule has 1 aliphatic rings. The molecule has 0 bridgehead atoms. The molecule has 1 saturated heterocycles. The van der Waals surface area contributed by atoms with Gasteiger partial charge in [-0.25, -0.2) is 8.42 Å². The van der Waals surface area contributed by atoms with Crippen molar-refractivity contribution in [3.05, 3.63) is 34.9 Å². The lowest BCUT2D eigenvalue weighted by molar-refractivity contribution is 0.439. The van der Waals surface area contributed by atoms with Crippen molar-refractivity contribution >= 4 is 33.4 Å². The smallest absolute Gasteiger partial charge is 0.212 e. The van der Waals surface area contributed by atoms with E-state index in [0.29, 0.717) is 11.6 Å². The predicted octanol–water partition coefficient (Wildman–Crippen LogP) is 2.35. The minimum Gasteiger partial charge on any atom is -0.212 e. The van der Waals surface area contributed by atoms with Gasteiger partial charge in [0.2, 0.25) is 10.0 Å². The molecule has 2 rings (SSSR count). The van der Waals surface area contributed by atoms with E-state index in [1.165, 1.54) is 10.6 Å². The lowest BCUT2D eigenvalue weighted by Crippen LogP contribution is -2.29. The van der Waals surface area contributed by atoms with Gasteiger partial charge in [0.05, 0.1) is 11.6 Å². The normalized spacial score (nSPS) is 22.5. The summed E-state index contributed by atoms with van der Waals surface area (Å²) in [5, 5.41) is 0.507. The highest BCUT2D eigenvalue weighted by Crippen LogP contribution is 2.39. The maximum atomic E-state index is 11.6. The fourth-order valence-corrected chi connectivity index (χ4v) is 4.71. The van der Waals surface area contributed by atoms with Gasteiger partial charge in [0.1, 0.15) is 0 Å². The molecule has 0 unspecified atom stereocenters. The van der Waals surface area contributed by atoms with Crippen molar-refractivity contribution < 1.29 is 8.42 Å². The van der Waals surface area contributed by atoms with Gasteiger partial charge in [0, 0.05) is 17.3 Å². The topological polar surface area (TPSA) is 37.4 Å². The van der Waals surface area contributed by atoms with Gasteiger partial charge in [-0.2, -0.15) is 4.31 Å². The molecule has 1 fully saturated rings. The van der Waals surface area contributed by atoms with Gasteiger partial charge in [0.15, 0.2) is 0 Å². The van der Waals surface area contributed by atoms with Crippen LogP contribution in [-0.4, -0.2) is 31.3 Å². The standard InChI is InChI=1S/C10H12ClNO2S2/c1-16(13,14)12-5-6-15-10(12)8-3-2-4-9(11)7-8/h2-4,7,10H,5-6H2,1H3/t10-/m1/s1. The number of hydrogen-bond acceptors (Lipinski definition) is 3. The van der Waals surface area contributed by atoms with Crippen LogP contribution in [0.1, 0.15) is 10.9 Å². The van der Waals surface area contributed by atoms with Crippen LogP contribution in [0.25, 0.3) is 0 Å². The first-order valence-electron chi connectivity index (χ1n) is 4.82. The molecule has 0 saturated carbocycles. The molecule has 0 aliphatic carbocycles. The third-order valence-electron chi connectivity index (χ3n) is 2.41. The summed E-state index contributed by atoms with van der Waals surface area (Å²) in [5.41, 5.74) is 0.945. The van der Waals surface area contributed by atoms with Gasteiger partial charge in [-0.05, 0) is 17.7 Å². The molecule has 1 aliphatic heterocycles. The van der Waals surface area contributed by atoms with Crippen LogP contribution in [0, 0.1) is 0 Å². The van der Waals surface area contributed by atoms with E-state index in [-0.39, 0.29) is 5.37 Å². The molecule has 0 spiro atoms. The number of halogens is 1. The van der Waals surface area contributed by atoms with Gasteiger partial charge in [-0.1, -0.05) is 23.7 Å². The first kappa shape index (κ1) is 12.2. The van der Waals surface area contributed by atoms with Gasteiger partial charge in [-0.15, -0.1) is 11.8 Å². The van der Waals surface area contributed by atoms with Crippen molar-refractivity contribution in [1.82, 2.24) is 4.31 Å². The predicted molar refractivity (Wildman–Crippen MR) is 68.2 cm³/mol. The molecule has 1 heterocycles. The Morgan fingerprint density at radius 3 is 2.88 bits per heavy atom. The highest BCUT2D eigenvalue weighted by molar-refractivity contribution is 8.00. The summed E-state index contributed by atoms with van der Waals surface area (Å²) in [6.45, 7) is 0.570. The van der Waals surface area contributed by atoms with Crippen molar-refractivity contribution in [2.75, 3.05) is 18.6 Å². The zero-order valence-corrected chi connectivity index (χ0v) is 11.1. The Kier molecular flexibility index (Phi) is 3.49. The van der Waals surface area contributed by atoms with E-state index >= 15 is 0 Å². The number of thioether (sulfide) groups is 1. The highest BCUT2D eigenvalue weighted by Gasteiger charge is 2.33. The molecular weight excluding hydrogens is 266 g/mol. The maximum absolute atomic E-state index is 11.6. The van der Waals surface area contributed by atoms with E-state index in [0.717, 1.165) is 11.3 Å². The third-order valence-corrected chi connectivity index (χ3v) is 5.28. The number of rotatable bonds is 2. The first-order valence-corrected chi connectivity index (χ1v) is 8.10. The second-order valence-electron chi connectivity index (χ2n) is 3.65. The second kappa shape index (κ2) is 4.56. The van der Waals surface area contributed by atoms with Crippen molar-refractivity contribution in [2.24, 2.45) is 0 Å². The molecule has 88 valence electrons. The molecule has 1 aromatic rings. The van der Waals surface area contributed by atoms with Gasteiger partial charge in [-0.3, -0.25) is 0 Å². The van der Waals surface area contributed by atoms with E-state index in [1.807, 2.05) is 18.2 Å². The Labute approximate surface area is 105 Å². The lowest BCUT2D eigenvalue weighted by atomic mass is 10.2. The quantitative estimate of drug-likeness (QED) is 0.833. The monoisotopic (exact) mass is 277 g/mol. The molecule has 1 atom stereocenters. The Hall–Kier alpha value is -0.230. The molecule has 3 nitrogen and oxygen atoms in total. The minimum atomic E-state index is -3.14. The van der Waals surface area contributed by atoms with Gasteiger partial charge >= 0.3 is 0 Å². The van der Waals surface area contributed by atoms with Crippen molar-refractivity contribution in [3.8, 4) is 0 Å². The number of benzene rings is 1. The fourth-order valence-electron chi connectivity index (χ4n) is 1.72. The van der Waals surface area contributed by atoms with Crippen LogP contribution in [-0.2, 0) is 10.0 Å². The van der Waals surface area contributed by atoms with Crippen molar-refractivity contribution in [3.63, 3.8) is 0 Å². The zero-order valence-electron chi connectivity index (χ0n) is 8.76. The summed E-state index contributed by atoms with van der Waals surface area (Å²) in [4.78, 5) is 0. The molecular formula is C10H12ClNO2S2. The van der Waals surface area contributed by atoms with Crippen LogP contribution in [0.3, 0.4) is 0 Å². The van der Waals surface area contributed by atoms with E-state index in [9.17, 15) is 8.42 Å². The Morgan fingerprint density at radius 1 is 1.50 bits per heavy atom. The summed E-state index contributed by atoms with van der Waals surface area (Å²) >= 11 is 7.54. The first-order chi connectivity index (χ1) is 7.48. The third kappa shape index (κ3) is 2.53. The van der Waals surface area contributed by atoms with E-state index < -0.39 is 10.0 Å². The molecule has 0 N–H and O–H groups in total. The second-order valence-corrected chi connectivity index (χ2v) is 7.21. The average molecular weight is 278 g/mol. The average Bonchev–Trinajstić information content (AvgIpc) is 2.65. The Bertz CT molecular complexity index is 489. The molecule has 0 amide bonds. The molecule has 0 radical (unpaired) electrons.